The zero-order valence-corrected chi connectivity index (χ0v) is 15.4. The fourth-order valence-corrected chi connectivity index (χ4v) is 5.50. The van der Waals surface area contributed by atoms with Gasteiger partial charge in [-0.2, -0.15) is 0 Å². The van der Waals surface area contributed by atoms with Gasteiger partial charge in [0.15, 0.2) is 0 Å². The number of amides is 2. The van der Waals surface area contributed by atoms with Crippen molar-refractivity contribution in [1.82, 2.24) is 5.32 Å². The number of thiophene rings is 1. The monoisotopic (exact) mass is 362 g/mol. The number of aryl methyl sites for hydroxylation is 1. The van der Waals surface area contributed by atoms with E-state index in [1.807, 2.05) is 0 Å². The molecule has 3 aliphatic rings. The molecule has 25 heavy (non-hydrogen) atoms. The van der Waals surface area contributed by atoms with Gasteiger partial charge in [0, 0.05) is 17.5 Å². The number of ether oxygens (including phenoxy) is 1. The van der Waals surface area contributed by atoms with E-state index in [1.54, 1.807) is 11.3 Å². The molecule has 5 nitrogen and oxygen atoms in total. The van der Waals surface area contributed by atoms with E-state index in [0.29, 0.717) is 6.61 Å². The Kier molecular flexibility index (Phi) is 5.08. The topological polar surface area (TPSA) is 67.4 Å². The summed E-state index contributed by atoms with van der Waals surface area (Å²) in [6.07, 6.45) is 10.2. The van der Waals surface area contributed by atoms with Gasteiger partial charge < -0.3 is 15.4 Å². The average molecular weight is 362 g/mol. The van der Waals surface area contributed by atoms with Gasteiger partial charge in [-0.25, -0.2) is 0 Å². The maximum atomic E-state index is 13.0. The summed E-state index contributed by atoms with van der Waals surface area (Å²) in [5.41, 5.74) is 1.87. The highest BCUT2D eigenvalue weighted by Crippen LogP contribution is 2.39. The SMILES string of the molecule is O=C(NC1CCCCC1)c1c(NC(=O)[C@@H]2CCCO2)sc2c1CCC2. The molecule has 0 radical (unpaired) electrons. The van der Waals surface area contributed by atoms with Crippen LogP contribution in [0, 0.1) is 0 Å². The molecule has 136 valence electrons. The Morgan fingerprint density at radius 1 is 1.00 bits per heavy atom. The number of fused-ring (bicyclic) bond motifs is 1. The molecule has 1 aromatic heterocycles. The van der Waals surface area contributed by atoms with Gasteiger partial charge in [0.05, 0.1) is 5.56 Å². The van der Waals surface area contributed by atoms with Crippen molar-refractivity contribution in [2.24, 2.45) is 0 Å². The molecule has 1 aromatic rings. The standard InChI is InChI=1S/C19H26N2O3S/c22-17(14-9-5-11-24-14)21-19-16(13-8-4-10-15(13)25-19)18(23)20-12-6-2-1-3-7-12/h12,14H,1-11H2,(H,20,23)(H,21,22)/t14-/m0/s1. The highest BCUT2D eigenvalue weighted by molar-refractivity contribution is 7.17. The Morgan fingerprint density at radius 3 is 2.60 bits per heavy atom. The summed E-state index contributed by atoms with van der Waals surface area (Å²) in [5.74, 6) is -0.113. The largest absolute Gasteiger partial charge is 0.368 e. The van der Waals surface area contributed by atoms with Gasteiger partial charge in [-0.3, -0.25) is 9.59 Å². The van der Waals surface area contributed by atoms with Crippen LogP contribution in [0.25, 0.3) is 0 Å². The third kappa shape index (κ3) is 3.60. The van der Waals surface area contributed by atoms with E-state index in [4.69, 9.17) is 4.74 Å². The number of rotatable bonds is 4. The van der Waals surface area contributed by atoms with Gasteiger partial charge >= 0.3 is 0 Å². The molecule has 1 aliphatic heterocycles. The van der Waals surface area contributed by atoms with Crippen LogP contribution in [0.5, 0.6) is 0 Å². The van der Waals surface area contributed by atoms with Crippen LogP contribution in [-0.4, -0.2) is 30.6 Å². The van der Waals surface area contributed by atoms with Crippen molar-refractivity contribution in [3.63, 3.8) is 0 Å². The van der Waals surface area contributed by atoms with Crippen molar-refractivity contribution in [2.75, 3.05) is 11.9 Å². The predicted molar refractivity (Wildman–Crippen MR) is 98.3 cm³/mol. The molecule has 6 heteroatoms. The molecular formula is C19H26N2O3S. The molecule has 0 unspecified atom stereocenters. The molecule has 1 atom stereocenters. The third-order valence-electron chi connectivity index (χ3n) is 5.55. The van der Waals surface area contributed by atoms with Crippen LogP contribution >= 0.6 is 11.3 Å². The summed E-state index contributed by atoms with van der Waals surface area (Å²) < 4.78 is 5.48. The highest BCUT2D eigenvalue weighted by atomic mass is 32.1. The van der Waals surface area contributed by atoms with Crippen LogP contribution in [0.3, 0.4) is 0 Å². The van der Waals surface area contributed by atoms with E-state index in [1.165, 1.54) is 24.1 Å². The van der Waals surface area contributed by atoms with E-state index in [2.05, 4.69) is 10.6 Å². The maximum Gasteiger partial charge on any atom is 0.254 e. The van der Waals surface area contributed by atoms with Gasteiger partial charge in [-0.15, -0.1) is 11.3 Å². The lowest BCUT2D eigenvalue weighted by atomic mass is 9.95. The molecule has 2 heterocycles. The first-order chi connectivity index (χ1) is 12.2. The molecule has 0 bridgehead atoms. The lowest BCUT2D eigenvalue weighted by Gasteiger charge is -2.23. The predicted octanol–water partition coefficient (Wildman–Crippen LogP) is 3.42. The Hall–Kier alpha value is -1.40. The van der Waals surface area contributed by atoms with Crippen LogP contribution in [-0.2, 0) is 22.4 Å². The van der Waals surface area contributed by atoms with Crippen LogP contribution in [0.1, 0.15) is 72.2 Å². The van der Waals surface area contributed by atoms with Crippen molar-refractivity contribution in [1.29, 1.82) is 0 Å². The second-order valence-electron chi connectivity index (χ2n) is 7.36. The molecule has 1 saturated heterocycles. The number of hydrogen-bond acceptors (Lipinski definition) is 4. The van der Waals surface area contributed by atoms with Gasteiger partial charge in [0.1, 0.15) is 11.1 Å². The summed E-state index contributed by atoms with van der Waals surface area (Å²) in [4.78, 5) is 26.7. The van der Waals surface area contributed by atoms with Gasteiger partial charge in [-0.05, 0) is 50.5 Å². The molecule has 2 amide bonds. The molecule has 2 fully saturated rings. The minimum Gasteiger partial charge on any atom is -0.368 e. The van der Waals surface area contributed by atoms with Crippen molar-refractivity contribution < 1.29 is 14.3 Å². The maximum absolute atomic E-state index is 13.0. The smallest absolute Gasteiger partial charge is 0.254 e. The van der Waals surface area contributed by atoms with Crippen molar-refractivity contribution in [3.05, 3.63) is 16.0 Å². The van der Waals surface area contributed by atoms with Crippen LogP contribution in [0.4, 0.5) is 5.00 Å². The Bertz CT molecular complexity index is 658. The normalized spacial score (nSPS) is 23.4. The quantitative estimate of drug-likeness (QED) is 0.862. The summed E-state index contributed by atoms with van der Waals surface area (Å²) in [6.45, 7) is 0.647. The molecule has 0 spiro atoms. The van der Waals surface area contributed by atoms with Crippen molar-refractivity contribution in [2.45, 2.75) is 76.4 Å². The number of carbonyl (C=O) groups excluding carboxylic acids is 2. The van der Waals surface area contributed by atoms with Crippen LogP contribution in [0.15, 0.2) is 0 Å². The minimum absolute atomic E-state index is 0.00561. The second-order valence-corrected chi connectivity index (χ2v) is 8.47. The van der Waals surface area contributed by atoms with E-state index in [9.17, 15) is 9.59 Å². The van der Waals surface area contributed by atoms with E-state index in [-0.39, 0.29) is 24.0 Å². The fourth-order valence-electron chi connectivity index (χ4n) is 4.21. The highest BCUT2D eigenvalue weighted by Gasteiger charge is 2.31. The van der Waals surface area contributed by atoms with Crippen molar-refractivity contribution in [3.8, 4) is 0 Å². The summed E-state index contributed by atoms with van der Waals surface area (Å²) >= 11 is 1.58. The lowest BCUT2D eigenvalue weighted by Crippen LogP contribution is -2.37. The van der Waals surface area contributed by atoms with Gasteiger partial charge in [0.25, 0.3) is 11.8 Å². The first-order valence-electron chi connectivity index (χ1n) is 9.60. The first kappa shape index (κ1) is 17.0. The molecule has 0 aromatic carbocycles. The number of hydrogen-bond donors (Lipinski definition) is 2. The second kappa shape index (κ2) is 7.46. The zero-order valence-electron chi connectivity index (χ0n) is 14.6. The summed E-state index contributed by atoms with van der Waals surface area (Å²) in [6, 6.07) is 0.278. The fraction of sp³-hybridized carbons (Fsp3) is 0.684. The Morgan fingerprint density at radius 2 is 1.84 bits per heavy atom. The molecule has 1 saturated carbocycles. The lowest BCUT2D eigenvalue weighted by molar-refractivity contribution is -0.124. The van der Waals surface area contributed by atoms with E-state index in [0.717, 1.165) is 61.1 Å². The third-order valence-corrected chi connectivity index (χ3v) is 6.75. The number of carbonyl (C=O) groups is 2. The van der Waals surface area contributed by atoms with Crippen LogP contribution in [0.2, 0.25) is 0 Å². The van der Waals surface area contributed by atoms with Crippen LogP contribution < -0.4 is 10.6 Å². The Labute approximate surface area is 152 Å². The summed E-state index contributed by atoms with van der Waals surface area (Å²) in [7, 11) is 0. The first-order valence-corrected chi connectivity index (χ1v) is 10.4. The molecule has 4 rings (SSSR count). The van der Waals surface area contributed by atoms with E-state index >= 15 is 0 Å². The molecular weight excluding hydrogens is 336 g/mol. The summed E-state index contributed by atoms with van der Waals surface area (Å²) in [5, 5.41) is 6.93. The average Bonchev–Trinajstić information content (AvgIpc) is 3.32. The van der Waals surface area contributed by atoms with Gasteiger partial charge in [0.2, 0.25) is 0 Å². The number of nitrogens with one attached hydrogen (secondary N) is 2. The van der Waals surface area contributed by atoms with Crippen molar-refractivity contribution >= 4 is 28.2 Å². The minimum atomic E-state index is -0.369. The molecule has 2 aliphatic carbocycles. The molecule has 2 N–H and O–H groups in total. The van der Waals surface area contributed by atoms with Gasteiger partial charge in [-0.1, -0.05) is 19.3 Å². The zero-order chi connectivity index (χ0) is 17.2. The van der Waals surface area contributed by atoms with E-state index < -0.39 is 0 Å². The number of anilines is 1. The Balaban J connectivity index is 1.52.